The highest BCUT2D eigenvalue weighted by atomic mass is 19.1. The normalized spacial score (nSPS) is 10.4. The van der Waals surface area contributed by atoms with Crippen LogP contribution < -0.4 is 10.6 Å². The van der Waals surface area contributed by atoms with Crippen LogP contribution in [0.25, 0.3) is 11.1 Å². The van der Waals surface area contributed by atoms with Crippen LogP contribution in [-0.2, 0) is 0 Å². The van der Waals surface area contributed by atoms with Gasteiger partial charge in [-0.15, -0.1) is 0 Å². The summed E-state index contributed by atoms with van der Waals surface area (Å²) in [6.45, 7) is 1.91. The minimum absolute atomic E-state index is 0.221. The van der Waals surface area contributed by atoms with Crippen molar-refractivity contribution in [3.63, 3.8) is 0 Å². The lowest BCUT2D eigenvalue weighted by molar-refractivity contribution is 0.262. The lowest BCUT2D eigenvalue weighted by atomic mass is 10.1. The van der Waals surface area contributed by atoms with Crippen LogP contribution in [0, 0.1) is 18.6 Å². The van der Waals surface area contributed by atoms with E-state index in [2.05, 4.69) is 15.6 Å². The molecule has 3 rings (SSSR count). The predicted octanol–water partition coefficient (Wildman–Crippen LogP) is 4.98. The second-order valence-corrected chi connectivity index (χ2v) is 5.47. The smallest absolute Gasteiger partial charge is 0.308 e. The Morgan fingerprint density at radius 3 is 2.40 bits per heavy atom. The first-order valence-electron chi connectivity index (χ1n) is 7.57. The van der Waals surface area contributed by atoms with Gasteiger partial charge in [0.2, 0.25) is 0 Å². The molecule has 3 aromatic rings. The zero-order valence-electron chi connectivity index (χ0n) is 13.4. The van der Waals surface area contributed by atoms with Crippen LogP contribution in [-0.4, -0.2) is 11.0 Å². The molecule has 126 valence electrons. The van der Waals surface area contributed by atoms with E-state index in [-0.39, 0.29) is 5.69 Å². The number of benzene rings is 2. The molecule has 0 atom stereocenters. The number of pyridine rings is 1. The molecule has 2 N–H and O–H groups in total. The van der Waals surface area contributed by atoms with Crippen molar-refractivity contribution in [3.05, 3.63) is 78.1 Å². The van der Waals surface area contributed by atoms with Crippen molar-refractivity contribution in [2.45, 2.75) is 6.92 Å². The highest BCUT2D eigenvalue weighted by Crippen LogP contribution is 2.22. The van der Waals surface area contributed by atoms with E-state index in [9.17, 15) is 13.6 Å². The number of nitrogens with zero attached hydrogens (tertiary/aromatic N) is 1. The molecule has 6 heteroatoms. The summed E-state index contributed by atoms with van der Waals surface area (Å²) in [6.07, 6.45) is 1.73. The Morgan fingerprint density at radius 1 is 0.920 bits per heavy atom. The molecule has 2 aromatic carbocycles. The quantitative estimate of drug-likeness (QED) is 0.707. The van der Waals surface area contributed by atoms with E-state index in [1.165, 1.54) is 0 Å². The number of nitrogens with one attached hydrogen (secondary N) is 2. The Bertz CT molecular complexity index is 911. The van der Waals surface area contributed by atoms with E-state index in [0.29, 0.717) is 5.69 Å². The molecular formula is C19H15F2N3O. The summed E-state index contributed by atoms with van der Waals surface area (Å²) in [5.74, 6) is -1.34. The molecule has 0 fully saturated rings. The van der Waals surface area contributed by atoms with Gasteiger partial charge < -0.3 is 10.6 Å². The molecule has 0 saturated carbocycles. The fraction of sp³-hybridized carbons (Fsp3) is 0.0526. The molecule has 0 saturated heterocycles. The van der Waals surface area contributed by atoms with Crippen LogP contribution in [0.2, 0.25) is 0 Å². The van der Waals surface area contributed by atoms with E-state index in [1.54, 1.807) is 18.3 Å². The van der Waals surface area contributed by atoms with Crippen molar-refractivity contribution in [3.8, 4) is 11.1 Å². The van der Waals surface area contributed by atoms with Gasteiger partial charge in [-0.05, 0) is 54.4 Å². The number of carbonyl (C=O) groups excluding carboxylic acids is 1. The first-order chi connectivity index (χ1) is 12.0. The fourth-order valence-electron chi connectivity index (χ4n) is 2.35. The molecule has 1 heterocycles. The minimum Gasteiger partial charge on any atom is -0.308 e. The monoisotopic (exact) mass is 339 g/mol. The van der Waals surface area contributed by atoms with Gasteiger partial charge in [0.05, 0.1) is 5.69 Å². The molecule has 25 heavy (non-hydrogen) atoms. The van der Waals surface area contributed by atoms with Crippen LogP contribution in [0.3, 0.4) is 0 Å². The van der Waals surface area contributed by atoms with Crippen LogP contribution >= 0.6 is 0 Å². The zero-order valence-corrected chi connectivity index (χ0v) is 13.4. The van der Waals surface area contributed by atoms with Crippen molar-refractivity contribution in [1.82, 2.24) is 4.98 Å². The molecule has 2 amide bonds. The number of hydrogen-bond acceptors (Lipinski definition) is 2. The van der Waals surface area contributed by atoms with Gasteiger partial charge in [-0.25, -0.2) is 13.6 Å². The van der Waals surface area contributed by atoms with Gasteiger partial charge in [0.1, 0.15) is 11.6 Å². The topological polar surface area (TPSA) is 54.0 Å². The molecule has 0 aliphatic heterocycles. The number of urea groups is 1. The summed E-state index contributed by atoms with van der Waals surface area (Å²) >= 11 is 0. The number of amides is 2. The summed E-state index contributed by atoms with van der Waals surface area (Å²) in [7, 11) is 0. The average molecular weight is 339 g/mol. The molecule has 4 nitrogen and oxygen atoms in total. The summed E-state index contributed by atoms with van der Waals surface area (Å²) in [5, 5.41) is 4.86. The van der Waals surface area contributed by atoms with E-state index >= 15 is 0 Å². The fourth-order valence-corrected chi connectivity index (χ4v) is 2.35. The molecule has 0 radical (unpaired) electrons. The average Bonchev–Trinajstić information content (AvgIpc) is 2.59. The maximum Gasteiger partial charge on any atom is 0.323 e. The third-order valence-electron chi connectivity index (χ3n) is 3.55. The lowest BCUT2D eigenvalue weighted by Crippen LogP contribution is -2.20. The standard InChI is InChI=1S/C19H15F2N3O/c1-12-10-14(8-9-22-12)13-2-5-16(6-3-13)23-19(25)24-18-11-15(20)4-7-17(18)21/h2-11H,1H3,(H2,23,24,25). The van der Waals surface area contributed by atoms with Gasteiger partial charge in [0.15, 0.2) is 0 Å². The van der Waals surface area contributed by atoms with E-state index < -0.39 is 17.7 Å². The van der Waals surface area contributed by atoms with Crippen molar-refractivity contribution < 1.29 is 13.6 Å². The molecular weight excluding hydrogens is 324 g/mol. The molecule has 0 aliphatic carbocycles. The minimum atomic E-state index is -0.708. The zero-order chi connectivity index (χ0) is 17.8. The number of rotatable bonds is 3. The van der Waals surface area contributed by atoms with Crippen molar-refractivity contribution >= 4 is 17.4 Å². The molecule has 0 unspecified atom stereocenters. The SMILES string of the molecule is Cc1cc(-c2ccc(NC(=O)Nc3cc(F)ccc3F)cc2)ccn1. The predicted molar refractivity (Wildman–Crippen MR) is 93.4 cm³/mol. The maximum atomic E-state index is 13.5. The largest absolute Gasteiger partial charge is 0.323 e. The first kappa shape index (κ1) is 16.6. The third-order valence-corrected chi connectivity index (χ3v) is 3.55. The number of aryl methyl sites for hydroxylation is 1. The van der Waals surface area contributed by atoms with E-state index in [1.807, 2.05) is 31.2 Å². The second kappa shape index (κ2) is 7.09. The Kier molecular flexibility index (Phi) is 4.70. The van der Waals surface area contributed by atoms with Gasteiger partial charge in [-0.3, -0.25) is 4.98 Å². The van der Waals surface area contributed by atoms with Crippen molar-refractivity contribution in [2.24, 2.45) is 0 Å². The maximum absolute atomic E-state index is 13.5. The number of aromatic nitrogens is 1. The Morgan fingerprint density at radius 2 is 1.68 bits per heavy atom. The Labute approximate surface area is 143 Å². The Balaban J connectivity index is 1.69. The van der Waals surface area contributed by atoms with Crippen molar-refractivity contribution in [2.75, 3.05) is 10.6 Å². The molecule has 1 aromatic heterocycles. The van der Waals surface area contributed by atoms with Crippen molar-refractivity contribution in [1.29, 1.82) is 0 Å². The summed E-state index contributed by atoms with van der Waals surface area (Å²) in [4.78, 5) is 16.1. The Hall–Kier alpha value is -3.28. The van der Waals surface area contributed by atoms with E-state index in [4.69, 9.17) is 0 Å². The van der Waals surface area contributed by atoms with Crippen LogP contribution in [0.5, 0.6) is 0 Å². The van der Waals surface area contributed by atoms with Gasteiger partial charge in [0.25, 0.3) is 0 Å². The summed E-state index contributed by atoms with van der Waals surface area (Å²) in [5.41, 5.74) is 3.22. The number of carbonyl (C=O) groups is 1. The number of halogens is 2. The second-order valence-electron chi connectivity index (χ2n) is 5.47. The lowest BCUT2D eigenvalue weighted by Gasteiger charge is -2.09. The molecule has 0 bridgehead atoms. The van der Waals surface area contributed by atoms with E-state index in [0.717, 1.165) is 35.0 Å². The molecule has 0 spiro atoms. The number of anilines is 2. The first-order valence-corrected chi connectivity index (χ1v) is 7.57. The van der Waals surface area contributed by atoms with Gasteiger partial charge >= 0.3 is 6.03 Å². The summed E-state index contributed by atoms with van der Waals surface area (Å²) in [6, 6.07) is 13.2. The van der Waals surface area contributed by atoms with Crippen LogP contribution in [0.1, 0.15) is 5.69 Å². The van der Waals surface area contributed by atoms with Gasteiger partial charge in [-0.1, -0.05) is 12.1 Å². The third kappa shape index (κ3) is 4.17. The highest BCUT2D eigenvalue weighted by Gasteiger charge is 2.08. The van der Waals surface area contributed by atoms with Gasteiger partial charge in [-0.2, -0.15) is 0 Å². The highest BCUT2D eigenvalue weighted by molar-refractivity contribution is 5.99. The summed E-state index contributed by atoms with van der Waals surface area (Å²) < 4.78 is 26.6. The van der Waals surface area contributed by atoms with Crippen LogP contribution in [0.15, 0.2) is 60.8 Å². The molecule has 0 aliphatic rings. The number of hydrogen-bond donors (Lipinski definition) is 2. The van der Waals surface area contributed by atoms with Gasteiger partial charge in [0, 0.05) is 23.6 Å². The van der Waals surface area contributed by atoms with Crippen LogP contribution in [0.4, 0.5) is 25.0 Å².